The van der Waals surface area contributed by atoms with Crippen molar-refractivity contribution in [2.45, 2.75) is 101 Å². The molecule has 2 N–H and O–H groups in total. The van der Waals surface area contributed by atoms with Gasteiger partial charge in [-0.25, -0.2) is 4.79 Å². The fourth-order valence-electron chi connectivity index (χ4n) is 9.92. The number of carbonyl (C=O) groups excluding carboxylic acids is 4. The van der Waals surface area contributed by atoms with Crippen molar-refractivity contribution in [3.05, 3.63) is 119 Å². The van der Waals surface area contributed by atoms with E-state index in [0.29, 0.717) is 93.0 Å². The van der Waals surface area contributed by atoms with Gasteiger partial charge >= 0.3 is 5.97 Å². The highest BCUT2D eigenvalue weighted by Gasteiger charge is 2.39. The summed E-state index contributed by atoms with van der Waals surface area (Å²) < 4.78 is 30.9. The van der Waals surface area contributed by atoms with Crippen LogP contribution in [-0.4, -0.2) is 95.0 Å². The number of aromatic nitrogens is 1. The lowest BCUT2D eigenvalue weighted by Gasteiger charge is -2.29. The zero-order valence-corrected chi connectivity index (χ0v) is 43.3. The number of amides is 3. The van der Waals surface area contributed by atoms with Gasteiger partial charge in [-0.1, -0.05) is 58.0 Å². The first-order valence-electron chi connectivity index (χ1n) is 24.8. The predicted molar refractivity (Wildman–Crippen MR) is 283 cm³/mol. The maximum absolute atomic E-state index is 14.1. The largest absolute Gasteiger partial charge is 0.493 e. The molecule has 0 spiro atoms. The molecule has 3 amide bonds. The summed E-state index contributed by atoms with van der Waals surface area (Å²) >= 11 is 0. The number of fused-ring (bicyclic) bond motifs is 8. The first kappa shape index (κ1) is 50.6. The van der Waals surface area contributed by atoms with E-state index in [9.17, 15) is 24.3 Å². The van der Waals surface area contributed by atoms with Gasteiger partial charge in [0, 0.05) is 90.1 Å². The van der Waals surface area contributed by atoms with E-state index < -0.39 is 24.0 Å². The quantitative estimate of drug-likeness (QED) is 0.0426. The van der Waals surface area contributed by atoms with Crippen molar-refractivity contribution < 1.29 is 52.8 Å². The summed E-state index contributed by atoms with van der Waals surface area (Å²) in [6, 6.07) is 26.7. The van der Waals surface area contributed by atoms with Crippen LogP contribution in [0.1, 0.15) is 97.0 Å². The van der Waals surface area contributed by atoms with E-state index >= 15 is 0 Å². The molecule has 386 valence electrons. The molecule has 6 heterocycles. The summed E-state index contributed by atoms with van der Waals surface area (Å²) in [5, 5.41) is 15.8. The van der Waals surface area contributed by atoms with Crippen molar-refractivity contribution in [3.63, 3.8) is 0 Å². The lowest BCUT2D eigenvalue weighted by Crippen LogP contribution is -2.39. The molecule has 0 radical (unpaired) electrons. The highest BCUT2D eigenvalue weighted by atomic mass is 33.1. The number of hydrogen-bond acceptors (Lipinski definition) is 17. The third-order valence-corrected chi connectivity index (χ3v) is 17.0. The van der Waals surface area contributed by atoms with Gasteiger partial charge in [0.25, 0.3) is 17.7 Å². The van der Waals surface area contributed by atoms with Crippen LogP contribution in [0.25, 0.3) is 0 Å². The molecular formula is C55H58N6O11S2. The number of anilines is 3. The molecule has 1 fully saturated rings. The molecule has 1 saturated heterocycles. The molecule has 19 heteroatoms. The number of nitrogens with zero attached hydrogens (tertiary/aromatic N) is 5. The number of aliphatic hydroxyl groups is 1. The highest BCUT2D eigenvalue weighted by molar-refractivity contribution is 8.77. The van der Waals surface area contributed by atoms with Gasteiger partial charge in [-0.15, -0.1) is 5.06 Å². The molecule has 5 aliphatic rings. The number of methoxy groups -OCH3 is 2. The molecule has 5 aromatic rings. The van der Waals surface area contributed by atoms with Gasteiger partial charge in [-0.2, -0.15) is 0 Å². The van der Waals surface area contributed by atoms with Gasteiger partial charge in [0.2, 0.25) is 0 Å². The van der Waals surface area contributed by atoms with Crippen LogP contribution in [0.2, 0.25) is 0 Å². The van der Waals surface area contributed by atoms with E-state index in [1.165, 1.54) is 0 Å². The third-order valence-electron chi connectivity index (χ3n) is 13.6. The van der Waals surface area contributed by atoms with Crippen LogP contribution in [0.15, 0.2) is 89.9 Å². The summed E-state index contributed by atoms with van der Waals surface area (Å²) in [6.07, 6.45) is 4.77. The Labute approximate surface area is 437 Å². The van der Waals surface area contributed by atoms with Crippen molar-refractivity contribution in [2.75, 3.05) is 48.2 Å². The maximum atomic E-state index is 14.1. The van der Waals surface area contributed by atoms with Crippen molar-refractivity contribution in [3.8, 4) is 28.7 Å². The molecule has 17 nitrogen and oxygen atoms in total. The first-order chi connectivity index (χ1) is 35.9. The molecule has 0 saturated carbocycles. The van der Waals surface area contributed by atoms with Crippen molar-refractivity contribution >= 4 is 74.2 Å². The van der Waals surface area contributed by atoms with Gasteiger partial charge in [-0.05, 0) is 74.9 Å². The monoisotopic (exact) mass is 1040 g/mol. The topological polar surface area (TPSA) is 191 Å². The van der Waals surface area contributed by atoms with E-state index in [-0.39, 0.29) is 55.2 Å². The van der Waals surface area contributed by atoms with Crippen LogP contribution in [0.5, 0.6) is 28.7 Å². The fraction of sp³-hybridized carbons (Fsp3) is 0.382. The van der Waals surface area contributed by atoms with Gasteiger partial charge in [0.05, 0.1) is 61.2 Å². The summed E-state index contributed by atoms with van der Waals surface area (Å²) in [5.41, 5.74) is 7.66. The number of nitrogens with one attached hydrogen (secondary N) is 1. The molecule has 74 heavy (non-hydrogen) atoms. The smallest absolute Gasteiger partial charge is 0.333 e. The van der Waals surface area contributed by atoms with Gasteiger partial charge < -0.3 is 48.7 Å². The van der Waals surface area contributed by atoms with Gasteiger partial charge in [0.15, 0.2) is 29.2 Å². The minimum absolute atomic E-state index is 0.0283. The minimum Gasteiger partial charge on any atom is -0.493 e. The molecule has 5 aliphatic heterocycles. The SMILES string of the molecule is COc1cc2c(cc1OCc1cc(OCCCC(C)(C)SSCCCC(=O)ON3C(=O)CCC3=O)cc(COc3cc4c(cc3OC)C(=O)N3c5ccccc5CC3CN4)n1)N=C[C@@H]1Cc3ccccc3N1C2O. The van der Waals surface area contributed by atoms with Crippen LogP contribution in [0.4, 0.5) is 22.7 Å². The number of rotatable bonds is 20. The maximum Gasteiger partial charge on any atom is 0.333 e. The molecular weight excluding hydrogens is 985 g/mol. The number of para-hydroxylation sites is 2. The number of hydroxylamine groups is 2. The molecule has 1 aromatic heterocycles. The summed E-state index contributed by atoms with van der Waals surface area (Å²) in [4.78, 5) is 68.5. The number of aliphatic imine (C=N–C) groups is 1. The molecule has 4 aromatic carbocycles. The van der Waals surface area contributed by atoms with Crippen LogP contribution in [-0.2, 0) is 45.3 Å². The van der Waals surface area contributed by atoms with E-state index in [1.807, 2.05) is 70.6 Å². The Bertz CT molecular complexity index is 2990. The lowest BCUT2D eigenvalue weighted by atomic mass is 10.1. The Morgan fingerprint density at radius 3 is 2.22 bits per heavy atom. The second-order valence-corrected chi connectivity index (χ2v) is 22.4. The Morgan fingerprint density at radius 2 is 1.49 bits per heavy atom. The zero-order chi connectivity index (χ0) is 51.5. The normalized spacial score (nSPS) is 18.3. The Hall–Kier alpha value is -6.96. The first-order valence-corrected chi connectivity index (χ1v) is 27.1. The molecule has 0 aliphatic carbocycles. The molecule has 0 bridgehead atoms. The molecule has 3 atom stereocenters. The average molecular weight is 1040 g/mol. The van der Waals surface area contributed by atoms with Crippen molar-refractivity contribution in [1.82, 2.24) is 10.0 Å². The van der Waals surface area contributed by atoms with Gasteiger partial charge in [-0.3, -0.25) is 24.4 Å². The zero-order valence-electron chi connectivity index (χ0n) is 41.7. The molecule has 2 unspecified atom stereocenters. The summed E-state index contributed by atoms with van der Waals surface area (Å²) in [5.74, 6) is 1.30. The van der Waals surface area contributed by atoms with E-state index in [0.717, 1.165) is 48.2 Å². The Kier molecular flexibility index (Phi) is 14.9. The van der Waals surface area contributed by atoms with Gasteiger partial charge in [0.1, 0.15) is 19.0 Å². The van der Waals surface area contributed by atoms with E-state index in [2.05, 4.69) is 31.3 Å². The third kappa shape index (κ3) is 10.8. The Morgan fingerprint density at radius 1 is 0.811 bits per heavy atom. The second kappa shape index (κ2) is 21.9. The second-order valence-electron chi connectivity index (χ2n) is 19.2. The number of pyridine rings is 1. The van der Waals surface area contributed by atoms with Crippen LogP contribution >= 0.6 is 21.6 Å². The highest BCUT2D eigenvalue weighted by Crippen LogP contribution is 2.46. The molecule has 10 rings (SSSR count). The number of ether oxygens (including phenoxy) is 5. The van der Waals surface area contributed by atoms with E-state index in [4.69, 9.17) is 38.5 Å². The van der Waals surface area contributed by atoms with Crippen molar-refractivity contribution in [1.29, 1.82) is 0 Å². The fourth-order valence-corrected chi connectivity index (χ4v) is 12.6. The summed E-state index contributed by atoms with van der Waals surface area (Å²) in [6.45, 7) is 5.39. The average Bonchev–Trinajstić information content (AvgIpc) is 4.02. The number of carbonyl (C=O) groups is 4. The lowest BCUT2D eigenvalue weighted by molar-refractivity contribution is -0.197. The number of aliphatic hydroxyl groups excluding tert-OH is 1. The number of hydrogen-bond donors (Lipinski definition) is 2. The van der Waals surface area contributed by atoms with Crippen LogP contribution < -0.4 is 38.8 Å². The number of benzene rings is 4. The van der Waals surface area contributed by atoms with Crippen LogP contribution in [0, 0.1) is 0 Å². The van der Waals surface area contributed by atoms with Crippen molar-refractivity contribution in [2.24, 2.45) is 4.99 Å². The number of imide groups is 1. The standard InChI is InChI=1S/C55H58N6O11S2/c1-55(2,74-73-20-9-15-52(64)72-61-50(62)16-17-51(61)63)18-10-19-69-39-23-35(31-70-48-27-42-40(25-46(48)67-3)53(65)59-37(29-56-42)21-33-11-5-7-13-44(33)59)58-36(24-39)32-71-49-28-43-41(26-47(49)68-4)54(66)60-38(30-57-43)22-34-12-6-8-14-45(34)60/h5-8,11-14,23-29,37-38,53,57,65H,9-10,15-22,30-32H2,1-4H3/t37-,38?,53?/m0/s1. The summed E-state index contributed by atoms with van der Waals surface area (Å²) in [7, 11) is 6.50. The Balaban J connectivity index is 0.818. The van der Waals surface area contributed by atoms with E-state index in [1.54, 1.807) is 54.0 Å². The predicted octanol–water partition coefficient (Wildman–Crippen LogP) is 9.10. The minimum atomic E-state index is -0.957. The van der Waals surface area contributed by atoms with Crippen LogP contribution in [0.3, 0.4) is 0 Å².